The van der Waals surface area contributed by atoms with Gasteiger partial charge in [-0.1, -0.05) is 6.92 Å². The minimum atomic E-state index is -1.29. The fraction of sp³-hybridized carbons (Fsp3) is 0.714. The summed E-state index contributed by atoms with van der Waals surface area (Å²) < 4.78 is 0. The molecule has 0 heterocycles. The highest BCUT2D eigenvalue weighted by molar-refractivity contribution is 5.78. The topological polar surface area (TPSA) is 144 Å². The molecule has 0 bridgehead atoms. The number of amides is 1. The van der Waals surface area contributed by atoms with Crippen LogP contribution >= 0.6 is 0 Å². The fourth-order valence-corrected chi connectivity index (χ4v) is 2.09. The van der Waals surface area contributed by atoms with Gasteiger partial charge in [0.25, 0.3) is 0 Å². The van der Waals surface area contributed by atoms with Crippen LogP contribution in [0.25, 0.3) is 0 Å². The molecule has 0 saturated heterocycles. The Hall–Kier alpha value is -2.16. The second-order valence-electron chi connectivity index (χ2n) is 5.14. The van der Waals surface area contributed by atoms with Crippen molar-refractivity contribution in [3.63, 3.8) is 0 Å². The van der Waals surface area contributed by atoms with Crippen molar-refractivity contribution >= 4 is 23.8 Å². The number of nitrogens with one attached hydrogen (secondary N) is 1. The van der Waals surface area contributed by atoms with Crippen LogP contribution < -0.4 is 5.32 Å². The first kappa shape index (κ1) is 20.8. The average Bonchev–Trinajstić information content (AvgIpc) is 2.40. The van der Waals surface area contributed by atoms with Gasteiger partial charge < -0.3 is 20.6 Å². The van der Waals surface area contributed by atoms with Crippen molar-refractivity contribution in [1.82, 2.24) is 10.2 Å². The Balaban J connectivity index is 4.41. The smallest absolute Gasteiger partial charge is 0.320 e. The minimum absolute atomic E-state index is 0.0688. The van der Waals surface area contributed by atoms with Gasteiger partial charge in [-0.3, -0.25) is 24.1 Å². The molecule has 0 aliphatic rings. The number of carbonyl (C=O) groups excluding carboxylic acids is 1. The summed E-state index contributed by atoms with van der Waals surface area (Å²) in [6, 6.07) is -1.19. The number of hydrogen-bond donors (Lipinski definition) is 4. The second-order valence-corrected chi connectivity index (χ2v) is 5.14. The van der Waals surface area contributed by atoms with Crippen molar-refractivity contribution < 1.29 is 34.5 Å². The summed E-state index contributed by atoms with van der Waals surface area (Å²) in [4.78, 5) is 44.9. The molecule has 0 rings (SSSR count). The molecule has 0 saturated carbocycles. The van der Waals surface area contributed by atoms with E-state index in [1.54, 1.807) is 0 Å². The number of carboxylic acids is 3. The molecule has 9 nitrogen and oxygen atoms in total. The van der Waals surface area contributed by atoms with Crippen LogP contribution in [-0.4, -0.2) is 69.7 Å². The van der Waals surface area contributed by atoms with Crippen LogP contribution in [0.5, 0.6) is 0 Å². The number of carboxylic acid groups (broad SMARTS) is 3. The van der Waals surface area contributed by atoms with E-state index >= 15 is 0 Å². The van der Waals surface area contributed by atoms with Gasteiger partial charge in [0.1, 0.15) is 6.04 Å². The molecule has 132 valence electrons. The molecule has 4 N–H and O–H groups in total. The van der Waals surface area contributed by atoms with Gasteiger partial charge in [0.15, 0.2) is 0 Å². The van der Waals surface area contributed by atoms with E-state index in [4.69, 9.17) is 10.2 Å². The molecule has 0 aromatic carbocycles. The SMILES string of the molecule is CCCC(=O)NCCCCC(C(=O)O)N(CC(=O)O)CC(=O)O. The van der Waals surface area contributed by atoms with Gasteiger partial charge in [-0.25, -0.2) is 0 Å². The first-order valence-corrected chi connectivity index (χ1v) is 7.45. The third-order valence-corrected chi connectivity index (χ3v) is 3.11. The molecule has 0 aliphatic heterocycles. The first-order valence-electron chi connectivity index (χ1n) is 7.45. The lowest BCUT2D eigenvalue weighted by molar-refractivity contribution is -0.149. The van der Waals surface area contributed by atoms with Crippen LogP contribution in [0.15, 0.2) is 0 Å². The van der Waals surface area contributed by atoms with Gasteiger partial charge in [0.05, 0.1) is 13.1 Å². The zero-order chi connectivity index (χ0) is 17.8. The molecule has 0 aromatic heterocycles. The Morgan fingerprint density at radius 3 is 2.00 bits per heavy atom. The Morgan fingerprint density at radius 2 is 1.57 bits per heavy atom. The summed E-state index contributed by atoms with van der Waals surface area (Å²) in [6.45, 7) is 0.979. The van der Waals surface area contributed by atoms with Gasteiger partial charge in [-0.2, -0.15) is 0 Å². The highest BCUT2D eigenvalue weighted by Crippen LogP contribution is 2.09. The van der Waals surface area contributed by atoms with Crippen molar-refractivity contribution in [3.05, 3.63) is 0 Å². The molecular formula is C14H24N2O7. The number of aliphatic carboxylic acids is 3. The lowest BCUT2D eigenvalue weighted by atomic mass is 10.1. The maximum atomic E-state index is 11.3. The molecule has 0 spiro atoms. The molecule has 0 aliphatic carbocycles. The predicted octanol–water partition coefficient (Wildman–Crippen LogP) is -0.00260. The van der Waals surface area contributed by atoms with Crippen molar-refractivity contribution in [2.75, 3.05) is 19.6 Å². The molecular weight excluding hydrogens is 308 g/mol. The Labute approximate surface area is 134 Å². The van der Waals surface area contributed by atoms with E-state index in [-0.39, 0.29) is 12.3 Å². The quantitative estimate of drug-likeness (QED) is 0.345. The summed E-state index contributed by atoms with van der Waals surface area (Å²) in [5, 5.41) is 29.4. The standard InChI is InChI=1S/C14H24N2O7/c1-2-5-11(17)15-7-4-3-6-10(14(22)23)16(8-12(18)19)9-13(20)21/h10H,2-9H2,1H3,(H,15,17)(H,18,19)(H,20,21)(H,22,23). The first-order chi connectivity index (χ1) is 10.8. The summed E-state index contributed by atoms with van der Waals surface area (Å²) in [6.07, 6.45) is 2.25. The molecule has 0 radical (unpaired) electrons. The van der Waals surface area contributed by atoms with E-state index in [9.17, 15) is 24.3 Å². The van der Waals surface area contributed by atoms with Gasteiger partial charge in [-0.05, 0) is 25.7 Å². The summed E-state index contributed by atoms with van der Waals surface area (Å²) in [7, 11) is 0. The largest absolute Gasteiger partial charge is 0.480 e. The van der Waals surface area contributed by atoms with Gasteiger partial charge in [0.2, 0.25) is 5.91 Å². The van der Waals surface area contributed by atoms with Crippen molar-refractivity contribution in [2.45, 2.75) is 45.1 Å². The average molecular weight is 332 g/mol. The van der Waals surface area contributed by atoms with E-state index < -0.39 is 37.0 Å². The fourth-order valence-electron chi connectivity index (χ4n) is 2.09. The second kappa shape index (κ2) is 11.4. The summed E-state index contributed by atoms with van der Waals surface area (Å²) >= 11 is 0. The van der Waals surface area contributed by atoms with Crippen molar-refractivity contribution in [2.24, 2.45) is 0 Å². The third-order valence-electron chi connectivity index (χ3n) is 3.11. The van der Waals surface area contributed by atoms with E-state index in [2.05, 4.69) is 5.32 Å². The lowest BCUT2D eigenvalue weighted by Gasteiger charge is -2.25. The Morgan fingerprint density at radius 1 is 1.00 bits per heavy atom. The monoisotopic (exact) mass is 332 g/mol. The van der Waals surface area contributed by atoms with Crippen LogP contribution in [0, 0.1) is 0 Å². The lowest BCUT2D eigenvalue weighted by Crippen LogP contribution is -2.46. The van der Waals surface area contributed by atoms with Gasteiger partial charge in [0, 0.05) is 13.0 Å². The maximum Gasteiger partial charge on any atom is 0.320 e. The maximum absolute atomic E-state index is 11.3. The zero-order valence-electron chi connectivity index (χ0n) is 13.2. The van der Waals surface area contributed by atoms with Crippen LogP contribution in [0.1, 0.15) is 39.0 Å². The Bertz CT molecular complexity index is 409. The third kappa shape index (κ3) is 10.2. The van der Waals surface area contributed by atoms with Crippen LogP contribution in [-0.2, 0) is 19.2 Å². The van der Waals surface area contributed by atoms with Crippen molar-refractivity contribution in [3.8, 4) is 0 Å². The van der Waals surface area contributed by atoms with E-state index in [0.29, 0.717) is 25.8 Å². The Kier molecular flexibility index (Phi) is 10.3. The number of rotatable bonds is 13. The zero-order valence-corrected chi connectivity index (χ0v) is 13.2. The summed E-state index contributed by atoms with van der Waals surface area (Å²) in [5.74, 6) is -3.91. The summed E-state index contributed by atoms with van der Waals surface area (Å²) in [5.41, 5.74) is 0. The van der Waals surface area contributed by atoms with Gasteiger partial charge >= 0.3 is 17.9 Å². The minimum Gasteiger partial charge on any atom is -0.480 e. The molecule has 0 aromatic rings. The molecule has 23 heavy (non-hydrogen) atoms. The van der Waals surface area contributed by atoms with E-state index in [1.165, 1.54) is 0 Å². The highest BCUT2D eigenvalue weighted by Gasteiger charge is 2.28. The van der Waals surface area contributed by atoms with Crippen LogP contribution in [0.4, 0.5) is 0 Å². The van der Waals surface area contributed by atoms with E-state index in [0.717, 1.165) is 11.3 Å². The normalized spacial score (nSPS) is 11.9. The van der Waals surface area contributed by atoms with Crippen molar-refractivity contribution in [1.29, 1.82) is 0 Å². The van der Waals surface area contributed by atoms with E-state index in [1.807, 2.05) is 6.92 Å². The molecule has 1 atom stereocenters. The molecule has 0 fully saturated rings. The predicted molar refractivity (Wildman–Crippen MR) is 80.0 cm³/mol. The van der Waals surface area contributed by atoms with Gasteiger partial charge in [-0.15, -0.1) is 0 Å². The number of hydrogen-bond acceptors (Lipinski definition) is 5. The molecule has 9 heteroatoms. The highest BCUT2D eigenvalue weighted by atomic mass is 16.4. The number of carbonyl (C=O) groups is 4. The van der Waals surface area contributed by atoms with Crippen LogP contribution in [0.3, 0.4) is 0 Å². The molecule has 1 unspecified atom stereocenters. The number of unbranched alkanes of at least 4 members (excludes halogenated alkanes) is 1. The van der Waals surface area contributed by atoms with Crippen LogP contribution in [0.2, 0.25) is 0 Å². The molecule has 1 amide bonds. The number of nitrogens with zero attached hydrogens (tertiary/aromatic N) is 1.